The largest absolute Gasteiger partial charge is 0.372 e. The number of pyridine rings is 1. The number of nitrogens with zero attached hydrogens (tertiary/aromatic N) is 1. The van der Waals surface area contributed by atoms with E-state index < -0.39 is 0 Å². The van der Waals surface area contributed by atoms with Gasteiger partial charge in [-0.3, -0.25) is 0 Å². The second kappa shape index (κ2) is 6.15. The first kappa shape index (κ1) is 12.6. The maximum Gasteiger partial charge on any atom is 0.129 e. The van der Waals surface area contributed by atoms with Gasteiger partial charge in [-0.15, -0.1) is 0 Å². The third kappa shape index (κ3) is 3.80. The molecule has 0 spiro atoms. The second-order valence-electron chi connectivity index (χ2n) is 3.57. The van der Waals surface area contributed by atoms with Crippen LogP contribution in [0.5, 0.6) is 0 Å². The molecule has 0 radical (unpaired) electrons. The SMILES string of the molecule is Clc1ccc(COCc2ccccc2Br)cn1. The zero-order valence-electron chi connectivity index (χ0n) is 9.07. The number of hydrogen-bond donors (Lipinski definition) is 0. The lowest BCUT2D eigenvalue weighted by Crippen LogP contribution is -1.95. The standard InChI is InChI=1S/C13H11BrClNO/c14-12-4-2-1-3-11(12)9-17-8-10-5-6-13(15)16-7-10/h1-7H,8-9H2. The van der Waals surface area contributed by atoms with Gasteiger partial charge in [-0.1, -0.05) is 51.8 Å². The van der Waals surface area contributed by atoms with Gasteiger partial charge in [0.25, 0.3) is 0 Å². The molecule has 0 unspecified atom stereocenters. The molecule has 2 nitrogen and oxygen atoms in total. The van der Waals surface area contributed by atoms with Crippen LogP contribution < -0.4 is 0 Å². The first-order valence-electron chi connectivity index (χ1n) is 5.17. The Hall–Kier alpha value is -0.900. The number of hydrogen-bond acceptors (Lipinski definition) is 2. The van der Waals surface area contributed by atoms with Gasteiger partial charge in [-0.05, 0) is 23.3 Å². The average Bonchev–Trinajstić information content (AvgIpc) is 2.34. The molecular weight excluding hydrogens is 302 g/mol. The molecule has 0 saturated carbocycles. The van der Waals surface area contributed by atoms with Crippen molar-refractivity contribution in [3.05, 3.63) is 63.3 Å². The Labute approximate surface area is 114 Å². The van der Waals surface area contributed by atoms with E-state index in [1.165, 1.54) is 0 Å². The van der Waals surface area contributed by atoms with Gasteiger partial charge >= 0.3 is 0 Å². The Morgan fingerprint density at radius 2 is 1.94 bits per heavy atom. The van der Waals surface area contributed by atoms with Crippen molar-refractivity contribution in [2.24, 2.45) is 0 Å². The molecule has 0 N–H and O–H groups in total. The third-order valence-electron chi connectivity index (χ3n) is 2.27. The summed E-state index contributed by atoms with van der Waals surface area (Å²) in [6.07, 6.45) is 1.72. The minimum Gasteiger partial charge on any atom is -0.372 e. The molecule has 0 bridgehead atoms. The smallest absolute Gasteiger partial charge is 0.129 e. The van der Waals surface area contributed by atoms with Crippen molar-refractivity contribution < 1.29 is 4.74 Å². The van der Waals surface area contributed by atoms with E-state index >= 15 is 0 Å². The van der Waals surface area contributed by atoms with Gasteiger partial charge in [0.05, 0.1) is 13.2 Å². The van der Waals surface area contributed by atoms with E-state index in [4.69, 9.17) is 16.3 Å². The van der Waals surface area contributed by atoms with Gasteiger partial charge in [0, 0.05) is 10.7 Å². The molecule has 2 rings (SSSR count). The van der Waals surface area contributed by atoms with Crippen molar-refractivity contribution in [3.63, 3.8) is 0 Å². The van der Waals surface area contributed by atoms with Gasteiger partial charge in [-0.25, -0.2) is 4.98 Å². The summed E-state index contributed by atoms with van der Waals surface area (Å²) < 4.78 is 6.68. The van der Waals surface area contributed by atoms with Crippen LogP contribution in [0.1, 0.15) is 11.1 Å². The Bertz CT molecular complexity index is 487. The summed E-state index contributed by atoms with van der Waals surface area (Å²) in [5.41, 5.74) is 2.15. The highest BCUT2D eigenvalue weighted by atomic mass is 79.9. The van der Waals surface area contributed by atoms with Crippen LogP contribution in [0.2, 0.25) is 5.15 Å². The molecule has 0 aliphatic heterocycles. The monoisotopic (exact) mass is 311 g/mol. The molecule has 0 aliphatic carbocycles. The Morgan fingerprint density at radius 3 is 2.65 bits per heavy atom. The highest BCUT2D eigenvalue weighted by Gasteiger charge is 1.99. The summed E-state index contributed by atoms with van der Waals surface area (Å²) in [5.74, 6) is 0. The molecule has 0 saturated heterocycles. The summed E-state index contributed by atoms with van der Waals surface area (Å²) in [4.78, 5) is 4.00. The number of benzene rings is 1. The first-order valence-corrected chi connectivity index (χ1v) is 6.34. The topological polar surface area (TPSA) is 22.1 Å². The molecule has 0 fully saturated rings. The van der Waals surface area contributed by atoms with Crippen LogP contribution in [0.3, 0.4) is 0 Å². The quantitative estimate of drug-likeness (QED) is 0.789. The minimum absolute atomic E-state index is 0.500. The summed E-state index contributed by atoms with van der Waals surface area (Å²) in [5, 5.41) is 0.500. The summed E-state index contributed by atoms with van der Waals surface area (Å²) >= 11 is 9.19. The lowest BCUT2D eigenvalue weighted by molar-refractivity contribution is 0.106. The van der Waals surface area contributed by atoms with E-state index in [-0.39, 0.29) is 0 Å². The highest BCUT2D eigenvalue weighted by molar-refractivity contribution is 9.10. The molecular formula is C13H11BrClNO. The number of halogens is 2. The van der Waals surface area contributed by atoms with E-state index in [0.717, 1.165) is 15.6 Å². The van der Waals surface area contributed by atoms with E-state index in [9.17, 15) is 0 Å². The fraction of sp³-hybridized carbons (Fsp3) is 0.154. The summed E-state index contributed by atoms with van der Waals surface area (Å²) in [6, 6.07) is 11.7. The van der Waals surface area contributed by atoms with Gasteiger partial charge in [0.15, 0.2) is 0 Å². The van der Waals surface area contributed by atoms with Crippen LogP contribution >= 0.6 is 27.5 Å². The van der Waals surface area contributed by atoms with Crippen LogP contribution in [0.4, 0.5) is 0 Å². The number of aromatic nitrogens is 1. The van der Waals surface area contributed by atoms with Crippen LogP contribution in [0.25, 0.3) is 0 Å². The van der Waals surface area contributed by atoms with E-state index in [2.05, 4.69) is 20.9 Å². The van der Waals surface area contributed by atoms with E-state index in [1.807, 2.05) is 30.3 Å². The van der Waals surface area contributed by atoms with Crippen molar-refractivity contribution in [1.29, 1.82) is 0 Å². The van der Waals surface area contributed by atoms with Crippen molar-refractivity contribution in [1.82, 2.24) is 4.98 Å². The zero-order valence-corrected chi connectivity index (χ0v) is 11.4. The fourth-order valence-corrected chi connectivity index (χ4v) is 1.90. The van der Waals surface area contributed by atoms with Crippen LogP contribution in [0.15, 0.2) is 47.1 Å². The zero-order chi connectivity index (χ0) is 12.1. The number of rotatable bonds is 4. The Kier molecular flexibility index (Phi) is 4.54. The Balaban J connectivity index is 1.88. The molecule has 88 valence electrons. The predicted octanol–water partition coefficient (Wildman–Crippen LogP) is 4.21. The lowest BCUT2D eigenvalue weighted by Gasteiger charge is -2.06. The van der Waals surface area contributed by atoms with Crippen molar-refractivity contribution in [2.75, 3.05) is 0 Å². The van der Waals surface area contributed by atoms with Crippen molar-refractivity contribution in [2.45, 2.75) is 13.2 Å². The maximum atomic E-state index is 5.70. The average molecular weight is 313 g/mol. The second-order valence-corrected chi connectivity index (χ2v) is 4.81. The van der Waals surface area contributed by atoms with Crippen molar-refractivity contribution in [3.8, 4) is 0 Å². The lowest BCUT2D eigenvalue weighted by atomic mass is 10.2. The highest BCUT2D eigenvalue weighted by Crippen LogP contribution is 2.17. The van der Waals surface area contributed by atoms with Gasteiger partial charge in [0.2, 0.25) is 0 Å². The molecule has 17 heavy (non-hydrogen) atoms. The Morgan fingerprint density at radius 1 is 1.12 bits per heavy atom. The molecule has 0 amide bonds. The molecule has 1 aromatic carbocycles. The molecule has 4 heteroatoms. The van der Waals surface area contributed by atoms with E-state index in [0.29, 0.717) is 18.4 Å². The van der Waals surface area contributed by atoms with Crippen molar-refractivity contribution >= 4 is 27.5 Å². The summed E-state index contributed by atoms with van der Waals surface area (Å²) in [7, 11) is 0. The van der Waals surface area contributed by atoms with Gasteiger partial charge in [0.1, 0.15) is 5.15 Å². The fourth-order valence-electron chi connectivity index (χ4n) is 1.39. The van der Waals surface area contributed by atoms with Gasteiger partial charge < -0.3 is 4.74 Å². The first-order chi connectivity index (χ1) is 8.25. The maximum absolute atomic E-state index is 5.70. The molecule has 0 aliphatic rings. The molecule has 0 atom stereocenters. The predicted molar refractivity (Wildman–Crippen MR) is 71.9 cm³/mol. The molecule has 1 aromatic heterocycles. The summed E-state index contributed by atoms with van der Waals surface area (Å²) in [6.45, 7) is 1.11. The van der Waals surface area contributed by atoms with Crippen LogP contribution in [-0.4, -0.2) is 4.98 Å². The normalized spacial score (nSPS) is 10.5. The van der Waals surface area contributed by atoms with Crippen LogP contribution in [-0.2, 0) is 18.0 Å². The van der Waals surface area contributed by atoms with Gasteiger partial charge in [-0.2, -0.15) is 0 Å². The minimum atomic E-state index is 0.500. The molecule has 1 heterocycles. The van der Waals surface area contributed by atoms with E-state index in [1.54, 1.807) is 12.3 Å². The third-order valence-corrected chi connectivity index (χ3v) is 3.27. The van der Waals surface area contributed by atoms with Crippen LogP contribution in [0, 0.1) is 0 Å². The number of ether oxygens (including phenoxy) is 1. The molecule has 2 aromatic rings.